The average molecular weight is 550 g/mol. The number of rotatable bonds is 11. The number of carbonyl (C=O) groups excluding carboxylic acids is 2. The molecule has 0 radical (unpaired) electrons. The van der Waals surface area contributed by atoms with Crippen LogP contribution >= 0.6 is 0 Å². The van der Waals surface area contributed by atoms with Crippen LogP contribution in [0.1, 0.15) is 55.2 Å². The summed E-state index contributed by atoms with van der Waals surface area (Å²) in [7, 11) is 1.28. The summed E-state index contributed by atoms with van der Waals surface area (Å²) in [5.41, 5.74) is -1.63. The topological polar surface area (TPSA) is 107 Å². The maximum Gasteiger partial charge on any atom is 0.317 e. The van der Waals surface area contributed by atoms with Crippen LogP contribution in [0.3, 0.4) is 0 Å². The number of hydrogen-bond acceptors (Lipinski definition) is 6. The maximum atomic E-state index is 13.9. The molecule has 4 bridgehead atoms. The van der Waals surface area contributed by atoms with Gasteiger partial charge in [-0.2, -0.15) is 8.42 Å². The Morgan fingerprint density at radius 3 is 1.87 bits per heavy atom. The lowest BCUT2D eigenvalue weighted by molar-refractivity contribution is -0.200. The number of benzene rings is 1. The van der Waals surface area contributed by atoms with E-state index in [-0.39, 0.29) is 18.3 Å². The molecule has 0 heterocycles. The zero-order valence-corrected chi connectivity index (χ0v) is 23.2. The highest BCUT2D eigenvalue weighted by atomic mass is 32.2. The average Bonchev–Trinajstić information content (AvgIpc) is 2.86. The number of esters is 2. The lowest BCUT2D eigenvalue weighted by Gasteiger charge is -2.59. The molecule has 4 fully saturated rings. The van der Waals surface area contributed by atoms with E-state index in [4.69, 9.17) is 9.47 Å². The quantitative estimate of drug-likeness (QED) is 0.187. The Balaban J connectivity index is 1.64. The molecule has 206 valence electrons. The van der Waals surface area contributed by atoms with E-state index in [9.17, 15) is 31.3 Å². The number of halogens is 2. The highest BCUT2D eigenvalue weighted by Gasteiger charge is 2.65. The zero-order valence-electron chi connectivity index (χ0n) is 22.4. The second-order valence-electron chi connectivity index (χ2n) is 11.8. The highest BCUT2D eigenvalue weighted by Crippen LogP contribution is 2.66. The highest BCUT2D eigenvalue weighted by molar-refractivity contribution is 7.85. The van der Waals surface area contributed by atoms with E-state index in [0.717, 1.165) is 23.9 Å². The summed E-state index contributed by atoms with van der Waals surface area (Å²) in [4.78, 5) is 27.4. The van der Waals surface area contributed by atoms with Crippen molar-refractivity contribution in [2.24, 2.45) is 22.7 Å². The molecule has 2 unspecified atom stereocenters. The molecule has 0 amide bonds. The van der Waals surface area contributed by atoms with Crippen LogP contribution in [0.5, 0.6) is 5.75 Å². The molecule has 1 aromatic carbocycles. The van der Waals surface area contributed by atoms with E-state index in [0.29, 0.717) is 44.1 Å². The summed E-state index contributed by atoms with van der Waals surface area (Å²) in [6, 6.07) is 4.12. The van der Waals surface area contributed by atoms with Gasteiger partial charge >= 0.3 is 11.9 Å². The van der Waals surface area contributed by atoms with E-state index in [1.165, 1.54) is 5.56 Å². The Labute approximate surface area is 225 Å². The Morgan fingerprint density at radius 1 is 0.947 bits per heavy atom. The lowest BCUT2D eigenvalue weighted by atomic mass is 9.44. The molecular weight excluding hydrogens is 515 g/mol. The lowest BCUT2D eigenvalue weighted by Crippen LogP contribution is -2.60. The van der Waals surface area contributed by atoms with Gasteiger partial charge in [0, 0.05) is 0 Å². The SMILES string of the molecule is BCc1cc(CB)c(OC(=O)C23CC4CC(C2)CC(C(=O)OC(CF)(CF)CS(=O)(=O)O)(C4)C3)c(CB)c1. The third-order valence-electron chi connectivity index (χ3n) is 8.84. The van der Waals surface area contributed by atoms with Gasteiger partial charge in [0.05, 0.1) is 10.8 Å². The van der Waals surface area contributed by atoms with Gasteiger partial charge in [-0.05, 0) is 61.5 Å². The summed E-state index contributed by atoms with van der Waals surface area (Å²) in [6.07, 6.45) is 5.17. The van der Waals surface area contributed by atoms with Gasteiger partial charge in [0.15, 0.2) is 5.60 Å². The van der Waals surface area contributed by atoms with Crippen molar-refractivity contribution in [2.75, 3.05) is 19.1 Å². The Kier molecular flexibility index (Phi) is 8.12. The fraction of sp³-hybridized carbons (Fsp3) is 0.680. The van der Waals surface area contributed by atoms with E-state index in [1.54, 1.807) is 0 Å². The van der Waals surface area contributed by atoms with Crippen molar-refractivity contribution in [3.05, 3.63) is 28.8 Å². The van der Waals surface area contributed by atoms with Crippen molar-refractivity contribution in [2.45, 2.75) is 63.1 Å². The molecule has 0 saturated heterocycles. The molecule has 5 rings (SSSR count). The summed E-state index contributed by atoms with van der Waals surface area (Å²) in [5, 5.41) is 0. The second kappa shape index (κ2) is 10.6. The Bertz CT molecular complexity index is 1170. The van der Waals surface area contributed by atoms with Crippen molar-refractivity contribution in [3.63, 3.8) is 0 Å². The molecule has 0 spiro atoms. The first-order valence-electron chi connectivity index (χ1n) is 13.5. The van der Waals surface area contributed by atoms with Crippen LogP contribution in [-0.2, 0) is 43.4 Å². The van der Waals surface area contributed by atoms with Crippen molar-refractivity contribution < 1.29 is 40.8 Å². The third kappa shape index (κ3) is 5.42. The standard InChI is InChI=1S/C25H35B3F2O7S/c26-8-15-2-18(9-27)20(19(3-15)10-28)36-21(31)23-4-16-1-17(5-23)7-24(6-16,11-23)22(32)37-25(12-29,13-30)14-38(33,34)35/h2-3,16-17H,1,4-14,26-28H2,(H,33,34,35). The first-order chi connectivity index (χ1) is 17.9. The van der Waals surface area contributed by atoms with Crippen LogP contribution in [0.25, 0.3) is 0 Å². The molecule has 4 saturated carbocycles. The predicted molar refractivity (Wildman–Crippen MR) is 146 cm³/mol. The van der Waals surface area contributed by atoms with E-state index in [2.05, 4.69) is 20.0 Å². The molecule has 13 heteroatoms. The van der Waals surface area contributed by atoms with Gasteiger partial charge < -0.3 is 9.47 Å². The summed E-state index contributed by atoms with van der Waals surface area (Å²) in [6.45, 7) is -3.20. The van der Waals surface area contributed by atoms with Crippen LogP contribution in [0.15, 0.2) is 12.1 Å². The minimum absolute atomic E-state index is 0.0434. The second-order valence-corrected chi connectivity index (χ2v) is 13.2. The van der Waals surface area contributed by atoms with Crippen LogP contribution in [0.4, 0.5) is 8.78 Å². The number of hydrogen-bond donors (Lipinski definition) is 1. The molecule has 4 aliphatic carbocycles. The first-order valence-corrected chi connectivity index (χ1v) is 15.1. The molecule has 2 atom stereocenters. The molecule has 1 aromatic rings. The van der Waals surface area contributed by atoms with Crippen LogP contribution in [-0.4, -0.2) is 73.2 Å². The summed E-state index contributed by atoms with van der Waals surface area (Å²) < 4.78 is 71.2. The third-order valence-corrected chi connectivity index (χ3v) is 9.73. The minimum atomic E-state index is -4.82. The smallest absolute Gasteiger partial charge is 0.317 e. The van der Waals surface area contributed by atoms with Crippen LogP contribution in [0.2, 0.25) is 0 Å². The van der Waals surface area contributed by atoms with E-state index in [1.807, 2.05) is 15.7 Å². The normalized spacial score (nSPS) is 28.3. The van der Waals surface area contributed by atoms with Crippen molar-refractivity contribution in [1.82, 2.24) is 0 Å². The fourth-order valence-electron chi connectivity index (χ4n) is 7.46. The number of ether oxygens (including phenoxy) is 2. The maximum absolute atomic E-state index is 13.9. The van der Waals surface area contributed by atoms with Gasteiger partial charge in [0.2, 0.25) is 0 Å². The van der Waals surface area contributed by atoms with Gasteiger partial charge in [0.25, 0.3) is 10.1 Å². The molecule has 7 nitrogen and oxygen atoms in total. The van der Waals surface area contributed by atoms with Crippen molar-refractivity contribution in [1.29, 1.82) is 0 Å². The van der Waals surface area contributed by atoms with Gasteiger partial charge in [0.1, 0.15) is 48.4 Å². The first kappa shape index (κ1) is 29.1. The molecule has 1 N–H and O–H groups in total. The number of carbonyl (C=O) groups is 2. The van der Waals surface area contributed by atoms with Gasteiger partial charge in [-0.1, -0.05) is 36.7 Å². The predicted octanol–water partition coefficient (Wildman–Crippen LogP) is 0.687. The van der Waals surface area contributed by atoms with E-state index < -0.39 is 57.6 Å². The monoisotopic (exact) mass is 550 g/mol. The summed E-state index contributed by atoms with van der Waals surface area (Å²) in [5.74, 6) is -2.01. The number of alkyl halides is 2. The minimum Gasteiger partial charge on any atom is -0.452 e. The largest absolute Gasteiger partial charge is 0.452 e. The Morgan fingerprint density at radius 2 is 1.45 bits per heavy atom. The van der Waals surface area contributed by atoms with Gasteiger partial charge in [-0.3, -0.25) is 14.1 Å². The molecule has 38 heavy (non-hydrogen) atoms. The summed E-state index contributed by atoms with van der Waals surface area (Å²) >= 11 is 0. The Hall–Kier alpha value is -1.88. The molecule has 0 aromatic heterocycles. The van der Waals surface area contributed by atoms with Crippen molar-refractivity contribution in [3.8, 4) is 5.75 Å². The zero-order chi connectivity index (χ0) is 27.9. The van der Waals surface area contributed by atoms with Gasteiger partial charge in [-0.15, -0.1) is 0 Å². The fourth-order valence-corrected chi connectivity index (χ4v) is 8.34. The van der Waals surface area contributed by atoms with Crippen LogP contribution in [0, 0.1) is 22.7 Å². The van der Waals surface area contributed by atoms with Crippen molar-refractivity contribution >= 4 is 45.6 Å². The van der Waals surface area contributed by atoms with E-state index >= 15 is 0 Å². The van der Waals surface area contributed by atoms with Gasteiger partial charge in [-0.25, -0.2) is 8.78 Å². The molecular formula is C25H35B3F2O7S. The molecule has 4 aliphatic rings. The molecule has 0 aliphatic heterocycles. The van der Waals surface area contributed by atoms with Crippen LogP contribution < -0.4 is 4.74 Å².